The number of rotatable bonds is 1. The van der Waals surface area contributed by atoms with Crippen LogP contribution in [0.25, 0.3) is 0 Å². The summed E-state index contributed by atoms with van der Waals surface area (Å²) in [5.74, 6) is 0.173. The molecule has 0 fully saturated rings. The first-order valence-electron chi connectivity index (χ1n) is 7.03. The molecule has 0 aromatic heterocycles. The monoisotopic (exact) mass is 328 g/mol. The van der Waals surface area contributed by atoms with Crippen LogP contribution in [0.2, 0.25) is 0 Å². The molecule has 0 spiro atoms. The van der Waals surface area contributed by atoms with Crippen molar-refractivity contribution < 1.29 is 4.79 Å². The third kappa shape index (κ3) is 2.71. The molecule has 2 aromatic carbocycles. The van der Waals surface area contributed by atoms with Gasteiger partial charge in [0.2, 0.25) is 0 Å². The van der Waals surface area contributed by atoms with Gasteiger partial charge in [-0.05, 0) is 67.0 Å². The van der Waals surface area contributed by atoms with Gasteiger partial charge < -0.3 is 0 Å². The lowest BCUT2D eigenvalue weighted by molar-refractivity contribution is 0.101. The average molecular weight is 329 g/mol. The summed E-state index contributed by atoms with van der Waals surface area (Å²) in [4.78, 5) is 11.8. The quantitative estimate of drug-likeness (QED) is 0.702. The molecule has 0 atom stereocenters. The minimum atomic E-state index is 0.173. The van der Waals surface area contributed by atoms with E-state index in [4.69, 9.17) is 0 Å². The van der Waals surface area contributed by atoms with Gasteiger partial charge >= 0.3 is 0 Å². The van der Waals surface area contributed by atoms with Gasteiger partial charge in [0.15, 0.2) is 5.78 Å². The Kier molecular flexibility index (Phi) is 3.75. The van der Waals surface area contributed by atoms with E-state index in [1.54, 1.807) is 6.92 Å². The predicted octanol–water partition coefficient (Wildman–Crippen LogP) is 4.54. The molecule has 4 aliphatic rings. The lowest BCUT2D eigenvalue weighted by Crippen LogP contribution is -2.05. The van der Waals surface area contributed by atoms with Gasteiger partial charge in [0, 0.05) is 10.0 Å². The van der Waals surface area contributed by atoms with Gasteiger partial charge in [-0.2, -0.15) is 0 Å². The SMILES string of the molecule is CC(=O)c1cc2ccc1CCc1ccc(cc1Br)CC2. The van der Waals surface area contributed by atoms with Crippen LogP contribution in [0.15, 0.2) is 40.9 Å². The van der Waals surface area contributed by atoms with E-state index in [9.17, 15) is 4.79 Å². The highest BCUT2D eigenvalue weighted by molar-refractivity contribution is 9.10. The van der Waals surface area contributed by atoms with E-state index < -0.39 is 0 Å². The summed E-state index contributed by atoms with van der Waals surface area (Å²) < 4.78 is 1.19. The minimum Gasteiger partial charge on any atom is -0.295 e. The summed E-state index contributed by atoms with van der Waals surface area (Å²) in [6.07, 6.45) is 3.86. The molecular weight excluding hydrogens is 312 g/mol. The molecule has 0 unspecified atom stereocenters. The third-order valence-electron chi connectivity index (χ3n) is 4.04. The van der Waals surface area contributed by atoms with Gasteiger partial charge in [-0.1, -0.05) is 40.2 Å². The molecule has 1 nitrogen and oxygen atoms in total. The van der Waals surface area contributed by atoms with E-state index in [0.29, 0.717) is 0 Å². The van der Waals surface area contributed by atoms with Crippen LogP contribution in [0.3, 0.4) is 0 Å². The van der Waals surface area contributed by atoms with Crippen molar-refractivity contribution in [2.75, 3.05) is 0 Å². The summed E-state index contributed by atoms with van der Waals surface area (Å²) in [6, 6.07) is 13.1. The van der Waals surface area contributed by atoms with Crippen LogP contribution in [-0.2, 0) is 25.7 Å². The van der Waals surface area contributed by atoms with Crippen molar-refractivity contribution in [3.05, 3.63) is 68.7 Å². The van der Waals surface area contributed by atoms with Crippen LogP contribution in [0.4, 0.5) is 0 Å². The maximum Gasteiger partial charge on any atom is 0.160 e. The zero-order valence-electron chi connectivity index (χ0n) is 11.6. The second kappa shape index (κ2) is 5.53. The standard InChI is InChI=1S/C18H17BrO/c1-12(20)17-10-13-2-3-14-5-7-16(18(19)11-14)9-8-15(17)6-4-13/h4-7,10-11H,2-3,8-9H2,1H3. The molecule has 6 rings (SSSR count). The Morgan fingerprint density at radius 1 is 0.900 bits per heavy atom. The fourth-order valence-corrected chi connectivity index (χ4v) is 3.46. The molecular formula is C18H17BrO. The molecule has 0 aliphatic heterocycles. The maximum absolute atomic E-state index is 11.8. The van der Waals surface area contributed by atoms with Crippen molar-refractivity contribution >= 4 is 21.7 Å². The Balaban J connectivity index is 2.06. The molecule has 0 heterocycles. The van der Waals surface area contributed by atoms with E-state index in [1.165, 1.54) is 21.2 Å². The zero-order valence-corrected chi connectivity index (χ0v) is 13.2. The first kappa shape index (κ1) is 13.6. The van der Waals surface area contributed by atoms with Crippen LogP contribution in [-0.4, -0.2) is 5.78 Å². The molecule has 4 aliphatic carbocycles. The van der Waals surface area contributed by atoms with E-state index in [2.05, 4.69) is 52.3 Å². The number of hydrogen-bond donors (Lipinski definition) is 0. The Labute approximate surface area is 128 Å². The normalized spacial score (nSPS) is 13.9. The Morgan fingerprint density at radius 2 is 1.50 bits per heavy atom. The van der Waals surface area contributed by atoms with Gasteiger partial charge in [-0.3, -0.25) is 4.79 Å². The van der Waals surface area contributed by atoms with E-state index >= 15 is 0 Å². The van der Waals surface area contributed by atoms with Gasteiger partial charge in [0.1, 0.15) is 0 Å². The summed E-state index contributed by atoms with van der Waals surface area (Å²) >= 11 is 3.67. The number of hydrogen-bond acceptors (Lipinski definition) is 1. The summed E-state index contributed by atoms with van der Waals surface area (Å²) in [5, 5.41) is 0. The minimum absolute atomic E-state index is 0.173. The second-order valence-electron chi connectivity index (χ2n) is 5.47. The van der Waals surface area contributed by atoms with E-state index in [1.807, 2.05) is 0 Å². The lowest BCUT2D eigenvalue weighted by atomic mass is 9.92. The molecule has 2 aromatic rings. The largest absolute Gasteiger partial charge is 0.295 e. The number of halogens is 1. The van der Waals surface area contributed by atoms with Crippen molar-refractivity contribution in [3.63, 3.8) is 0 Å². The molecule has 4 bridgehead atoms. The molecule has 0 saturated heterocycles. The highest BCUT2D eigenvalue weighted by atomic mass is 79.9. The Morgan fingerprint density at radius 3 is 2.15 bits per heavy atom. The molecule has 20 heavy (non-hydrogen) atoms. The van der Waals surface area contributed by atoms with E-state index in [0.717, 1.165) is 36.8 Å². The lowest BCUT2D eigenvalue weighted by Gasteiger charge is -2.14. The zero-order chi connectivity index (χ0) is 14.1. The molecule has 0 radical (unpaired) electrons. The molecule has 0 N–H and O–H groups in total. The van der Waals surface area contributed by atoms with Gasteiger partial charge in [-0.15, -0.1) is 0 Å². The average Bonchev–Trinajstić information content (AvgIpc) is 2.42. The van der Waals surface area contributed by atoms with Crippen LogP contribution >= 0.6 is 15.9 Å². The molecule has 2 heteroatoms. The molecule has 102 valence electrons. The Bertz CT molecular complexity index is 673. The number of carbonyl (C=O) groups excluding carboxylic acids is 1. The van der Waals surface area contributed by atoms with Crippen molar-refractivity contribution in [1.29, 1.82) is 0 Å². The van der Waals surface area contributed by atoms with Crippen LogP contribution in [0, 0.1) is 0 Å². The van der Waals surface area contributed by atoms with Crippen molar-refractivity contribution in [2.24, 2.45) is 0 Å². The second-order valence-corrected chi connectivity index (χ2v) is 6.33. The number of Topliss-reactive ketones (excluding diaryl/α,β-unsaturated/α-hetero) is 1. The fourth-order valence-electron chi connectivity index (χ4n) is 2.83. The highest BCUT2D eigenvalue weighted by Gasteiger charge is 2.11. The fraction of sp³-hybridized carbons (Fsp3) is 0.278. The van der Waals surface area contributed by atoms with Gasteiger partial charge in [-0.25, -0.2) is 0 Å². The number of benzene rings is 2. The highest BCUT2D eigenvalue weighted by Crippen LogP contribution is 2.24. The number of ketones is 1. The number of carbonyl (C=O) groups is 1. The van der Waals surface area contributed by atoms with Crippen LogP contribution < -0.4 is 0 Å². The van der Waals surface area contributed by atoms with Crippen LogP contribution in [0.1, 0.15) is 39.5 Å². The summed E-state index contributed by atoms with van der Waals surface area (Å²) in [6.45, 7) is 1.66. The van der Waals surface area contributed by atoms with Crippen molar-refractivity contribution in [2.45, 2.75) is 32.6 Å². The van der Waals surface area contributed by atoms with Gasteiger partial charge in [0.05, 0.1) is 0 Å². The van der Waals surface area contributed by atoms with E-state index in [-0.39, 0.29) is 5.78 Å². The molecule has 0 amide bonds. The first-order valence-corrected chi connectivity index (χ1v) is 7.83. The maximum atomic E-state index is 11.8. The van der Waals surface area contributed by atoms with Crippen molar-refractivity contribution in [1.82, 2.24) is 0 Å². The molecule has 0 saturated carbocycles. The Hall–Kier alpha value is -1.41. The predicted molar refractivity (Wildman–Crippen MR) is 85.4 cm³/mol. The number of aryl methyl sites for hydroxylation is 4. The topological polar surface area (TPSA) is 17.1 Å². The van der Waals surface area contributed by atoms with Crippen LogP contribution in [0.5, 0.6) is 0 Å². The summed E-state index contributed by atoms with van der Waals surface area (Å²) in [5.41, 5.74) is 5.97. The smallest absolute Gasteiger partial charge is 0.160 e. The first-order chi connectivity index (χ1) is 9.63. The van der Waals surface area contributed by atoms with Crippen molar-refractivity contribution in [3.8, 4) is 0 Å². The third-order valence-corrected chi connectivity index (χ3v) is 4.78. The summed E-state index contributed by atoms with van der Waals surface area (Å²) in [7, 11) is 0. The van der Waals surface area contributed by atoms with Gasteiger partial charge in [0.25, 0.3) is 0 Å².